The maximum Gasteiger partial charge on any atom is 0.126 e. The Bertz CT molecular complexity index is 559. The van der Waals surface area contributed by atoms with Gasteiger partial charge in [-0.2, -0.15) is 0 Å². The van der Waals surface area contributed by atoms with Crippen molar-refractivity contribution < 1.29 is 13.9 Å². The van der Waals surface area contributed by atoms with Crippen LogP contribution in [-0.4, -0.2) is 18.8 Å². The maximum atomic E-state index is 13.4. The second-order valence-electron chi connectivity index (χ2n) is 8.30. The van der Waals surface area contributed by atoms with E-state index in [4.69, 9.17) is 9.47 Å². The van der Waals surface area contributed by atoms with Crippen molar-refractivity contribution in [2.75, 3.05) is 6.61 Å². The van der Waals surface area contributed by atoms with Gasteiger partial charge in [-0.3, -0.25) is 0 Å². The maximum absolute atomic E-state index is 13.4. The number of benzene rings is 1. The lowest BCUT2D eigenvalue weighted by molar-refractivity contribution is -0.0318. The predicted octanol–water partition coefficient (Wildman–Crippen LogP) is 5.68. The highest BCUT2D eigenvalue weighted by Gasteiger charge is 2.29. The summed E-state index contributed by atoms with van der Waals surface area (Å²) >= 11 is 0. The lowest BCUT2D eigenvalue weighted by Gasteiger charge is -2.36. The van der Waals surface area contributed by atoms with E-state index in [2.05, 4.69) is 0 Å². The fourth-order valence-corrected chi connectivity index (χ4v) is 5.09. The monoisotopic (exact) mass is 346 g/mol. The first kappa shape index (κ1) is 17.3. The first-order valence-corrected chi connectivity index (χ1v) is 10.3. The molecule has 2 aliphatic carbocycles. The molecule has 1 heterocycles. The van der Waals surface area contributed by atoms with Crippen LogP contribution in [0.15, 0.2) is 18.2 Å². The van der Waals surface area contributed by atoms with Gasteiger partial charge in [-0.15, -0.1) is 0 Å². The van der Waals surface area contributed by atoms with Gasteiger partial charge in [0.1, 0.15) is 17.7 Å². The van der Waals surface area contributed by atoms with Gasteiger partial charge in [0.15, 0.2) is 0 Å². The topological polar surface area (TPSA) is 18.5 Å². The van der Waals surface area contributed by atoms with Crippen LogP contribution in [0, 0.1) is 17.7 Å². The van der Waals surface area contributed by atoms with Gasteiger partial charge < -0.3 is 9.47 Å². The summed E-state index contributed by atoms with van der Waals surface area (Å²) in [5, 5.41) is 0. The Hall–Kier alpha value is -1.09. The molecule has 0 N–H and O–H groups in total. The van der Waals surface area contributed by atoms with Crippen molar-refractivity contribution >= 4 is 0 Å². The van der Waals surface area contributed by atoms with Gasteiger partial charge in [0.25, 0.3) is 0 Å². The number of ether oxygens (including phenoxy) is 2. The number of aryl methyl sites for hydroxylation is 1. The molecule has 0 spiro atoms. The van der Waals surface area contributed by atoms with Crippen molar-refractivity contribution in [3.63, 3.8) is 0 Å². The lowest BCUT2D eigenvalue weighted by Crippen LogP contribution is -2.32. The van der Waals surface area contributed by atoms with Crippen molar-refractivity contribution in [3.8, 4) is 5.75 Å². The molecular formula is C22H31FO2. The lowest BCUT2D eigenvalue weighted by atomic mass is 9.73. The summed E-state index contributed by atoms with van der Waals surface area (Å²) in [5.74, 6) is 2.42. The summed E-state index contributed by atoms with van der Waals surface area (Å²) < 4.78 is 25.5. The highest BCUT2D eigenvalue weighted by atomic mass is 19.1. The van der Waals surface area contributed by atoms with Crippen LogP contribution in [0.4, 0.5) is 4.39 Å². The van der Waals surface area contributed by atoms with Crippen LogP contribution in [-0.2, 0) is 11.2 Å². The Morgan fingerprint density at radius 1 is 0.920 bits per heavy atom. The average molecular weight is 346 g/mol. The first-order chi connectivity index (χ1) is 12.3. The molecule has 1 aliphatic heterocycles. The highest BCUT2D eigenvalue weighted by Crippen LogP contribution is 2.39. The van der Waals surface area contributed by atoms with E-state index in [-0.39, 0.29) is 11.9 Å². The summed E-state index contributed by atoms with van der Waals surface area (Å²) in [6, 6.07) is 4.87. The van der Waals surface area contributed by atoms with E-state index in [1.54, 1.807) is 0 Å². The molecule has 0 radical (unpaired) electrons. The van der Waals surface area contributed by atoms with Gasteiger partial charge in [-0.05, 0) is 62.0 Å². The van der Waals surface area contributed by atoms with E-state index in [0.717, 1.165) is 30.2 Å². The third kappa shape index (κ3) is 4.36. The quantitative estimate of drug-likeness (QED) is 0.699. The number of fused-ring (bicyclic) bond motifs is 1. The second kappa shape index (κ2) is 8.07. The molecule has 2 nitrogen and oxygen atoms in total. The molecule has 1 aromatic rings. The molecule has 1 atom stereocenters. The Labute approximate surface area is 151 Å². The fourth-order valence-electron chi connectivity index (χ4n) is 5.09. The molecular weight excluding hydrogens is 315 g/mol. The predicted molar refractivity (Wildman–Crippen MR) is 97.4 cm³/mol. The van der Waals surface area contributed by atoms with E-state index in [1.807, 2.05) is 6.07 Å². The van der Waals surface area contributed by atoms with Crippen molar-refractivity contribution in [1.29, 1.82) is 0 Å². The van der Waals surface area contributed by atoms with E-state index in [1.165, 1.54) is 69.9 Å². The molecule has 3 heteroatoms. The molecule has 3 aliphatic rings. The third-order valence-corrected chi connectivity index (χ3v) is 6.61. The van der Waals surface area contributed by atoms with Crippen molar-refractivity contribution in [1.82, 2.24) is 0 Å². The Kier molecular flexibility index (Phi) is 5.60. The summed E-state index contributed by atoms with van der Waals surface area (Å²) in [4.78, 5) is 0. The van der Waals surface area contributed by atoms with Crippen molar-refractivity contribution in [3.05, 3.63) is 29.6 Å². The van der Waals surface area contributed by atoms with Gasteiger partial charge in [0.2, 0.25) is 0 Å². The molecule has 2 saturated carbocycles. The van der Waals surface area contributed by atoms with Gasteiger partial charge in [0.05, 0.1) is 12.7 Å². The summed E-state index contributed by atoms with van der Waals surface area (Å²) in [5.41, 5.74) is 1.12. The first-order valence-electron chi connectivity index (χ1n) is 10.3. The number of hydrogen-bond donors (Lipinski definition) is 0. The smallest absolute Gasteiger partial charge is 0.126 e. The van der Waals surface area contributed by atoms with Crippen LogP contribution < -0.4 is 4.74 Å². The number of hydrogen-bond acceptors (Lipinski definition) is 2. The highest BCUT2D eigenvalue weighted by molar-refractivity contribution is 5.35. The molecule has 0 saturated heterocycles. The molecule has 0 amide bonds. The molecule has 25 heavy (non-hydrogen) atoms. The normalized spacial score (nSPS) is 30.5. The standard InChI is InChI=1S/C22H31FO2/c23-19-10-6-18-9-13-21(25-22(18)14-19)15-24-20-11-7-17(8-12-20)16-4-2-1-3-5-16/h6,10,14,16-17,20-21H,1-5,7-9,11-13,15H2. The molecule has 1 unspecified atom stereocenters. The van der Waals surface area contributed by atoms with E-state index >= 15 is 0 Å². The molecule has 138 valence electrons. The van der Waals surface area contributed by atoms with E-state index < -0.39 is 0 Å². The zero-order valence-electron chi connectivity index (χ0n) is 15.2. The van der Waals surface area contributed by atoms with Gasteiger partial charge in [-0.1, -0.05) is 38.2 Å². The molecule has 2 fully saturated rings. The van der Waals surface area contributed by atoms with E-state index in [0.29, 0.717) is 18.5 Å². The van der Waals surface area contributed by atoms with E-state index in [9.17, 15) is 4.39 Å². The minimum absolute atomic E-state index is 0.0744. The summed E-state index contributed by atoms with van der Waals surface area (Å²) in [7, 11) is 0. The second-order valence-corrected chi connectivity index (χ2v) is 8.30. The number of halogens is 1. The van der Waals surface area contributed by atoms with Gasteiger partial charge in [-0.25, -0.2) is 4.39 Å². The van der Waals surface area contributed by atoms with Crippen LogP contribution in [0.25, 0.3) is 0 Å². The van der Waals surface area contributed by atoms with Crippen molar-refractivity contribution in [2.45, 2.75) is 82.8 Å². The minimum atomic E-state index is -0.221. The average Bonchev–Trinajstić information content (AvgIpc) is 2.67. The Morgan fingerprint density at radius 2 is 1.68 bits per heavy atom. The molecule has 0 aromatic heterocycles. The molecule has 4 rings (SSSR count). The summed E-state index contributed by atoms with van der Waals surface area (Å²) in [6.07, 6.45) is 14.8. The Morgan fingerprint density at radius 3 is 2.48 bits per heavy atom. The van der Waals surface area contributed by atoms with Gasteiger partial charge in [0, 0.05) is 6.07 Å². The van der Waals surface area contributed by atoms with Crippen LogP contribution in [0.3, 0.4) is 0 Å². The molecule has 1 aromatic carbocycles. The zero-order chi connectivity index (χ0) is 17.1. The largest absolute Gasteiger partial charge is 0.488 e. The Balaban J connectivity index is 1.21. The zero-order valence-corrected chi connectivity index (χ0v) is 15.2. The number of rotatable bonds is 4. The van der Waals surface area contributed by atoms with Crippen LogP contribution in [0.2, 0.25) is 0 Å². The molecule has 0 bridgehead atoms. The van der Waals surface area contributed by atoms with Gasteiger partial charge >= 0.3 is 0 Å². The fraction of sp³-hybridized carbons (Fsp3) is 0.727. The van der Waals surface area contributed by atoms with Crippen molar-refractivity contribution in [2.24, 2.45) is 11.8 Å². The van der Waals surface area contributed by atoms with Crippen LogP contribution in [0.5, 0.6) is 5.75 Å². The van der Waals surface area contributed by atoms with Crippen LogP contribution >= 0.6 is 0 Å². The summed E-state index contributed by atoms with van der Waals surface area (Å²) in [6.45, 7) is 0.648. The minimum Gasteiger partial charge on any atom is -0.488 e. The third-order valence-electron chi connectivity index (χ3n) is 6.61. The van der Waals surface area contributed by atoms with Crippen LogP contribution in [0.1, 0.15) is 69.8 Å². The SMILES string of the molecule is Fc1ccc2c(c1)OC(COC1CCC(C3CCCCC3)CC1)CC2.